The molecule has 0 atom stereocenters. The highest BCUT2D eigenvalue weighted by Crippen LogP contribution is 2.22. The highest BCUT2D eigenvalue weighted by Gasteiger charge is 2.13. The molecule has 4 nitrogen and oxygen atoms in total. The molecule has 20 heavy (non-hydrogen) atoms. The van der Waals surface area contributed by atoms with Gasteiger partial charge in [0, 0.05) is 17.2 Å². The van der Waals surface area contributed by atoms with Crippen LogP contribution in [-0.2, 0) is 0 Å². The van der Waals surface area contributed by atoms with E-state index in [1.54, 1.807) is 25.1 Å². The number of allylic oxidation sites excluding steroid dienone is 1. The molecule has 2 rings (SSSR count). The van der Waals surface area contributed by atoms with Gasteiger partial charge in [-0.25, -0.2) is 0 Å². The summed E-state index contributed by atoms with van der Waals surface area (Å²) in [6.07, 6.45) is 3.11. The highest BCUT2D eigenvalue weighted by atomic mass is 79.9. The molecule has 0 N–H and O–H groups in total. The highest BCUT2D eigenvalue weighted by molar-refractivity contribution is 9.11. The normalized spacial score (nSPS) is 10.9. The predicted molar refractivity (Wildman–Crippen MR) is 83.2 cm³/mol. The van der Waals surface area contributed by atoms with Gasteiger partial charge in [-0.15, -0.1) is 11.3 Å². The quantitative estimate of drug-likeness (QED) is 0.349. The number of aryl methyl sites for hydroxylation is 1. The molecule has 0 aliphatic heterocycles. The van der Waals surface area contributed by atoms with Crippen LogP contribution in [-0.4, -0.2) is 10.7 Å². The van der Waals surface area contributed by atoms with E-state index in [0.29, 0.717) is 11.1 Å². The van der Waals surface area contributed by atoms with Gasteiger partial charge in [0.25, 0.3) is 5.69 Å². The van der Waals surface area contributed by atoms with Crippen LogP contribution in [0.5, 0.6) is 0 Å². The first-order valence-corrected chi connectivity index (χ1v) is 7.36. The molecule has 0 radical (unpaired) electrons. The lowest BCUT2D eigenvalue weighted by Gasteiger charge is -1.99. The van der Waals surface area contributed by atoms with Gasteiger partial charge in [0.15, 0.2) is 5.78 Å². The minimum absolute atomic E-state index is 0.0393. The van der Waals surface area contributed by atoms with Crippen molar-refractivity contribution in [3.05, 3.63) is 66.3 Å². The average Bonchev–Trinajstić information content (AvgIpc) is 2.82. The third-order valence-electron chi connectivity index (χ3n) is 2.71. The molecule has 1 aromatic heterocycles. The molecular formula is C14H10BrNO3S. The maximum Gasteiger partial charge on any atom is 0.273 e. The van der Waals surface area contributed by atoms with Crippen molar-refractivity contribution in [2.24, 2.45) is 0 Å². The molecular weight excluding hydrogens is 342 g/mol. The topological polar surface area (TPSA) is 60.2 Å². The van der Waals surface area contributed by atoms with E-state index in [1.165, 1.54) is 23.5 Å². The van der Waals surface area contributed by atoms with Crippen molar-refractivity contribution >= 4 is 44.8 Å². The molecule has 0 spiro atoms. The molecule has 102 valence electrons. The number of carbonyl (C=O) groups excluding carboxylic acids is 1. The molecule has 0 aliphatic rings. The van der Waals surface area contributed by atoms with Gasteiger partial charge in [0.05, 0.1) is 8.71 Å². The first-order valence-electron chi connectivity index (χ1n) is 5.69. The fourth-order valence-corrected chi connectivity index (χ4v) is 2.78. The van der Waals surface area contributed by atoms with Crippen molar-refractivity contribution in [2.75, 3.05) is 0 Å². The smallest absolute Gasteiger partial charge is 0.273 e. The molecule has 1 aromatic carbocycles. The lowest BCUT2D eigenvalue weighted by Crippen LogP contribution is -1.98. The van der Waals surface area contributed by atoms with Crippen LogP contribution in [0.4, 0.5) is 5.69 Å². The summed E-state index contributed by atoms with van der Waals surface area (Å²) in [5.74, 6) is -0.254. The molecule has 0 unspecified atom stereocenters. The zero-order valence-electron chi connectivity index (χ0n) is 10.5. The zero-order chi connectivity index (χ0) is 14.7. The van der Waals surface area contributed by atoms with Crippen LogP contribution in [0.1, 0.15) is 21.5 Å². The van der Waals surface area contributed by atoms with E-state index in [4.69, 9.17) is 0 Å². The van der Waals surface area contributed by atoms with E-state index in [1.807, 2.05) is 11.4 Å². The van der Waals surface area contributed by atoms with E-state index in [-0.39, 0.29) is 11.5 Å². The van der Waals surface area contributed by atoms with E-state index in [2.05, 4.69) is 15.9 Å². The second kappa shape index (κ2) is 6.11. The number of hydrogen-bond acceptors (Lipinski definition) is 4. The molecule has 0 amide bonds. The molecule has 6 heteroatoms. The van der Waals surface area contributed by atoms with Crippen molar-refractivity contribution in [2.45, 2.75) is 6.92 Å². The Labute approximate surface area is 128 Å². The second-order valence-electron chi connectivity index (χ2n) is 4.14. The predicted octanol–water partition coefficient (Wildman–Crippen LogP) is 4.62. The number of benzene rings is 1. The lowest BCUT2D eigenvalue weighted by molar-refractivity contribution is -0.385. The number of rotatable bonds is 4. The van der Waals surface area contributed by atoms with Crippen molar-refractivity contribution in [3.8, 4) is 0 Å². The maximum atomic E-state index is 12.0. The number of nitrogens with zero attached hydrogens (tertiary/aromatic N) is 1. The van der Waals surface area contributed by atoms with Gasteiger partial charge in [-0.1, -0.05) is 18.2 Å². The molecule has 0 fully saturated rings. The fraction of sp³-hybridized carbons (Fsp3) is 0.0714. The Morgan fingerprint density at radius 2 is 2.15 bits per heavy atom. The first kappa shape index (κ1) is 14.6. The van der Waals surface area contributed by atoms with Crippen molar-refractivity contribution in [1.29, 1.82) is 0 Å². The Hall–Kier alpha value is -1.79. The van der Waals surface area contributed by atoms with Gasteiger partial charge in [-0.2, -0.15) is 0 Å². The minimum Gasteiger partial charge on any atom is -0.289 e. The first-order chi connectivity index (χ1) is 9.47. The van der Waals surface area contributed by atoms with Gasteiger partial charge >= 0.3 is 0 Å². The molecule has 1 heterocycles. The average molecular weight is 352 g/mol. The Morgan fingerprint density at radius 1 is 1.40 bits per heavy atom. The zero-order valence-corrected chi connectivity index (χ0v) is 12.9. The van der Waals surface area contributed by atoms with Crippen LogP contribution in [0.2, 0.25) is 0 Å². The van der Waals surface area contributed by atoms with E-state index in [0.717, 1.165) is 9.35 Å². The van der Waals surface area contributed by atoms with Gasteiger partial charge in [0.1, 0.15) is 0 Å². The largest absolute Gasteiger partial charge is 0.289 e. The number of carbonyl (C=O) groups is 1. The van der Waals surface area contributed by atoms with E-state index >= 15 is 0 Å². The monoisotopic (exact) mass is 351 g/mol. The maximum absolute atomic E-state index is 12.0. The van der Waals surface area contributed by atoms with Gasteiger partial charge < -0.3 is 0 Å². The second-order valence-corrected chi connectivity index (χ2v) is 6.43. The van der Waals surface area contributed by atoms with Crippen LogP contribution >= 0.6 is 27.3 Å². The van der Waals surface area contributed by atoms with Crippen LogP contribution in [0, 0.1) is 17.0 Å². The number of ketones is 1. The molecule has 0 saturated heterocycles. The summed E-state index contributed by atoms with van der Waals surface area (Å²) < 4.78 is 0.982. The minimum atomic E-state index is -0.480. The van der Waals surface area contributed by atoms with E-state index in [9.17, 15) is 14.9 Å². The van der Waals surface area contributed by atoms with Crippen LogP contribution in [0.15, 0.2) is 39.5 Å². The van der Waals surface area contributed by atoms with Crippen LogP contribution in [0.3, 0.4) is 0 Å². The van der Waals surface area contributed by atoms with Gasteiger partial charge in [-0.05, 0) is 45.9 Å². The SMILES string of the molecule is Cc1ccc(C(=O)/C=C/c2csc(Br)c2)cc1[N+](=O)[O-]. The molecule has 0 bridgehead atoms. The number of hydrogen-bond donors (Lipinski definition) is 0. The third kappa shape index (κ3) is 3.40. The van der Waals surface area contributed by atoms with Crippen molar-refractivity contribution in [3.63, 3.8) is 0 Å². The molecule has 0 aliphatic carbocycles. The van der Waals surface area contributed by atoms with Crippen LogP contribution < -0.4 is 0 Å². The summed E-state index contributed by atoms with van der Waals surface area (Å²) in [7, 11) is 0. The van der Waals surface area contributed by atoms with E-state index < -0.39 is 4.92 Å². The molecule has 2 aromatic rings. The number of nitro groups is 1. The Kier molecular flexibility index (Phi) is 4.46. The number of thiophene rings is 1. The Bertz CT molecular complexity index is 706. The third-order valence-corrected chi connectivity index (χ3v) is 4.23. The van der Waals surface area contributed by atoms with Gasteiger partial charge in [0.2, 0.25) is 0 Å². The Balaban J connectivity index is 2.23. The number of nitro benzene ring substituents is 1. The summed E-state index contributed by atoms with van der Waals surface area (Å²) in [5.41, 5.74) is 1.73. The summed E-state index contributed by atoms with van der Waals surface area (Å²) >= 11 is 4.87. The van der Waals surface area contributed by atoms with Crippen molar-refractivity contribution < 1.29 is 9.72 Å². The number of halogens is 1. The summed E-state index contributed by atoms with van der Waals surface area (Å²) in [4.78, 5) is 22.4. The van der Waals surface area contributed by atoms with Crippen molar-refractivity contribution in [1.82, 2.24) is 0 Å². The molecule has 0 saturated carbocycles. The Morgan fingerprint density at radius 3 is 2.75 bits per heavy atom. The lowest BCUT2D eigenvalue weighted by atomic mass is 10.1. The summed E-state index contributed by atoms with van der Waals surface area (Å²) in [6, 6.07) is 6.39. The summed E-state index contributed by atoms with van der Waals surface area (Å²) in [5, 5.41) is 12.8. The van der Waals surface area contributed by atoms with Gasteiger partial charge in [-0.3, -0.25) is 14.9 Å². The van der Waals surface area contributed by atoms with Crippen LogP contribution in [0.25, 0.3) is 6.08 Å². The standard InChI is InChI=1S/C14H10BrNO3S/c1-9-2-4-11(7-12(9)16(18)19)13(17)5-3-10-6-14(15)20-8-10/h2-8H,1H3/b5-3+. The summed E-state index contributed by atoms with van der Waals surface area (Å²) in [6.45, 7) is 1.64. The fourth-order valence-electron chi connectivity index (χ4n) is 1.64.